The average molecular weight is 217 g/mol. The van der Waals surface area contributed by atoms with Gasteiger partial charge in [0.05, 0.1) is 12.6 Å². The van der Waals surface area contributed by atoms with Gasteiger partial charge >= 0.3 is 5.97 Å². The van der Waals surface area contributed by atoms with Gasteiger partial charge in [0.2, 0.25) is 0 Å². The first-order chi connectivity index (χ1) is 6.70. The summed E-state index contributed by atoms with van der Waals surface area (Å²) in [6.45, 7) is 8.24. The lowest BCUT2D eigenvalue weighted by Crippen LogP contribution is -2.33. The molecule has 4 heteroatoms. The zero-order chi connectivity index (χ0) is 12.1. The molecule has 90 valence electrons. The van der Waals surface area contributed by atoms with Crippen molar-refractivity contribution in [1.29, 1.82) is 0 Å². The number of carbonyl (C=O) groups excluding carboxylic acids is 1. The number of rotatable bonds is 5. The lowest BCUT2D eigenvalue weighted by molar-refractivity contribution is -0.155. The van der Waals surface area contributed by atoms with Crippen LogP contribution < -0.4 is 0 Å². The van der Waals surface area contributed by atoms with E-state index in [1.807, 2.05) is 32.7 Å². The Morgan fingerprint density at radius 3 is 2.40 bits per heavy atom. The third-order valence-electron chi connectivity index (χ3n) is 1.75. The van der Waals surface area contributed by atoms with Gasteiger partial charge in [-0.2, -0.15) is 0 Å². The minimum atomic E-state index is -0.428. The van der Waals surface area contributed by atoms with Gasteiger partial charge in [0.1, 0.15) is 5.60 Å². The summed E-state index contributed by atoms with van der Waals surface area (Å²) in [7, 11) is 1.84. The number of carbonyl (C=O) groups is 1. The van der Waals surface area contributed by atoms with Gasteiger partial charge in [0, 0.05) is 6.54 Å². The van der Waals surface area contributed by atoms with E-state index < -0.39 is 5.60 Å². The van der Waals surface area contributed by atoms with E-state index in [2.05, 4.69) is 0 Å². The maximum atomic E-state index is 11.4. The summed E-state index contributed by atoms with van der Waals surface area (Å²) < 4.78 is 5.17. The van der Waals surface area contributed by atoms with Crippen molar-refractivity contribution < 1.29 is 14.6 Å². The second kappa shape index (κ2) is 6.08. The van der Waals surface area contributed by atoms with Crippen LogP contribution in [0, 0.1) is 0 Å². The van der Waals surface area contributed by atoms with E-state index in [9.17, 15) is 4.79 Å². The van der Waals surface area contributed by atoms with E-state index in [4.69, 9.17) is 9.84 Å². The van der Waals surface area contributed by atoms with E-state index >= 15 is 0 Å². The predicted molar refractivity (Wildman–Crippen MR) is 59.6 cm³/mol. The molecule has 15 heavy (non-hydrogen) atoms. The molecular weight excluding hydrogens is 194 g/mol. The smallest absolute Gasteiger partial charge is 0.320 e. The molecule has 0 radical (unpaired) electrons. The first-order valence-corrected chi connectivity index (χ1v) is 5.29. The van der Waals surface area contributed by atoms with E-state index in [-0.39, 0.29) is 18.6 Å². The number of hydrogen-bond donors (Lipinski definition) is 1. The van der Waals surface area contributed by atoms with Crippen LogP contribution in [0.3, 0.4) is 0 Å². The third kappa shape index (κ3) is 9.69. The van der Waals surface area contributed by atoms with E-state index in [0.717, 1.165) is 0 Å². The van der Waals surface area contributed by atoms with Crippen molar-refractivity contribution in [2.75, 3.05) is 20.1 Å². The first-order valence-electron chi connectivity index (χ1n) is 5.29. The lowest BCUT2D eigenvalue weighted by atomic mass is 10.2. The minimum absolute atomic E-state index is 0.226. The Hall–Kier alpha value is -0.610. The highest BCUT2D eigenvalue weighted by Gasteiger charge is 2.17. The summed E-state index contributed by atoms with van der Waals surface area (Å²) in [4.78, 5) is 13.2. The fraction of sp³-hybridized carbons (Fsp3) is 0.909. The van der Waals surface area contributed by atoms with Crippen LogP contribution in [0.15, 0.2) is 0 Å². The van der Waals surface area contributed by atoms with Gasteiger partial charge in [-0.15, -0.1) is 0 Å². The van der Waals surface area contributed by atoms with Crippen molar-refractivity contribution in [3.8, 4) is 0 Å². The summed E-state index contributed by atoms with van der Waals surface area (Å²) in [6.07, 6.45) is 0.338. The normalized spacial score (nSPS) is 14.1. The molecule has 0 aliphatic heterocycles. The molecule has 0 aliphatic rings. The molecule has 0 amide bonds. The molecule has 4 nitrogen and oxygen atoms in total. The fourth-order valence-corrected chi connectivity index (χ4v) is 1.08. The second-order valence-electron chi connectivity index (χ2n) is 4.96. The molecule has 0 bridgehead atoms. The monoisotopic (exact) mass is 217 g/mol. The lowest BCUT2D eigenvalue weighted by Gasteiger charge is -2.22. The molecule has 0 aliphatic carbocycles. The maximum Gasteiger partial charge on any atom is 0.320 e. The third-order valence-corrected chi connectivity index (χ3v) is 1.75. The van der Waals surface area contributed by atoms with Gasteiger partial charge in [-0.3, -0.25) is 9.69 Å². The Labute approximate surface area is 92.2 Å². The molecule has 0 spiro atoms. The van der Waals surface area contributed by atoms with E-state index in [1.165, 1.54) is 0 Å². The number of nitrogens with zero attached hydrogens (tertiary/aromatic N) is 1. The van der Waals surface area contributed by atoms with Gasteiger partial charge in [-0.1, -0.05) is 0 Å². The van der Waals surface area contributed by atoms with Crippen LogP contribution in [0.2, 0.25) is 0 Å². The van der Waals surface area contributed by atoms with Gasteiger partial charge in [0.15, 0.2) is 0 Å². The van der Waals surface area contributed by atoms with Crippen molar-refractivity contribution in [2.45, 2.75) is 45.8 Å². The van der Waals surface area contributed by atoms with E-state index in [1.54, 1.807) is 6.92 Å². The summed E-state index contributed by atoms with van der Waals surface area (Å²) in [5.41, 5.74) is -0.428. The maximum absolute atomic E-state index is 11.4. The first kappa shape index (κ1) is 14.4. The molecule has 0 saturated carbocycles. The van der Waals surface area contributed by atoms with Gasteiger partial charge in [-0.25, -0.2) is 0 Å². The van der Waals surface area contributed by atoms with Gasteiger partial charge in [-0.05, 0) is 41.2 Å². The van der Waals surface area contributed by atoms with Crippen molar-refractivity contribution in [1.82, 2.24) is 4.90 Å². The molecule has 1 N–H and O–H groups in total. The number of ether oxygens (including phenoxy) is 1. The SMILES string of the molecule is CC(O)CCN(C)CC(=O)OC(C)(C)C. The quantitative estimate of drug-likeness (QED) is 0.699. The predicted octanol–water partition coefficient (Wildman–Crippen LogP) is 1.03. The average Bonchev–Trinajstić information content (AvgIpc) is 1.96. The molecule has 0 aromatic carbocycles. The molecule has 1 unspecified atom stereocenters. The number of aliphatic hydroxyl groups is 1. The number of likely N-dealkylation sites (N-methyl/N-ethyl adjacent to an activating group) is 1. The topological polar surface area (TPSA) is 49.8 Å². The van der Waals surface area contributed by atoms with Crippen LogP contribution in [0.1, 0.15) is 34.1 Å². The van der Waals surface area contributed by atoms with Crippen LogP contribution in [-0.4, -0.2) is 47.8 Å². The number of aliphatic hydroxyl groups excluding tert-OH is 1. The zero-order valence-electron chi connectivity index (χ0n) is 10.4. The molecule has 0 aromatic heterocycles. The standard InChI is InChI=1S/C11H23NO3/c1-9(13)6-7-12(5)8-10(14)15-11(2,3)4/h9,13H,6-8H2,1-5H3. The highest BCUT2D eigenvalue weighted by Crippen LogP contribution is 2.07. The van der Waals surface area contributed by atoms with Crippen LogP contribution >= 0.6 is 0 Å². The Morgan fingerprint density at radius 1 is 1.47 bits per heavy atom. The second-order valence-corrected chi connectivity index (χ2v) is 4.96. The molecule has 0 heterocycles. The Bertz CT molecular complexity index is 196. The molecule has 1 atom stereocenters. The highest BCUT2D eigenvalue weighted by atomic mass is 16.6. The van der Waals surface area contributed by atoms with E-state index in [0.29, 0.717) is 13.0 Å². The van der Waals surface area contributed by atoms with Crippen molar-refractivity contribution in [3.05, 3.63) is 0 Å². The van der Waals surface area contributed by atoms with Crippen LogP contribution in [0.4, 0.5) is 0 Å². The number of hydrogen-bond acceptors (Lipinski definition) is 4. The minimum Gasteiger partial charge on any atom is -0.459 e. The molecule has 0 rings (SSSR count). The van der Waals surface area contributed by atoms with Gasteiger partial charge < -0.3 is 9.84 Å². The van der Waals surface area contributed by atoms with Crippen LogP contribution in [0.5, 0.6) is 0 Å². The fourth-order valence-electron chi connectivity index (χ4n) is 1.08. The summed E-state index contributed by atoms with van der Waals surface area (Å²) in [5, 5.41) is 9.08. The highest BCUT2D eigenvalue weighted by molar-refractivity contribution is 5.72. The van der Waals surface area contributed by atoms with Crippen molar-refractivity contribution in [2.24, 2.45) is 0 Å². The molecule has 0 aromatic rings. The Kier molecular flexibility index (Phi) is 5.83. The molecular formula is C11H23NO3. The summed E-state index contributed by atoms with van der Waals surface area (Å²) >= 11 is 0. The Balaban J connectivity index is 3.77. The molecule has 0 saturated heterocycles. The van der Waals surface area contributed by atoms with Gasteiger partial charge in [0.25, 0.3) is 0 Å². The van der Waals surface area contributed by atoms with Crippen molar-refractivity contribution >= 4 is 5.97 Å². The van der Waals surface area contributed by atoms with Crippen LogP contribution in [-0.2, 0) is 9.53 Å². The molecule has 0 fully saturated rings. The summed E-state index contributed by atoms with van der Waals surface area (Å²) in [5.74, 6) is -0.226. The Morgan fingerprint density at radius 2 is 2.00 bits per heavy atom. The van der Waals surface area contributed by atoms with Crippen molar-refractivity contribution in [3.63, 3.8) is 0 Å². The largest absolute Gasteiger partial charge is 0.459 e. The van der Waals surface area contributed by atoms with Crippen LogP contribution in [0.25, 0.3) is 0 Å². The zero-order valence-corrected chi connectivity index (χ0v) is 10.4. The number of esters is 1. The summed E-state index contributed by atoms with van der Waals surface area (Å²) in [6, 6.07) is 0.